The van der Waals surface area contributed by atoms with Crippen LogP contribution < -0.4 is 5.32 Å². The summed E-state index contributed by atoms with van der Waals surface area (Å²) in [6.07, 6.45) is 0. The molecule has 0 aliphatic rings. The summed E-state index contributed by atoms with van der Waals surface area (Å²) in [7, 11) is 0. The SMILES string of the molecule is Cc1ccc(Cl)c(NC(=O)C(=O)O)c1Cl. The number of aliphatic carboxylic acids is 1. The molecule has 2 N–H and O–H groups in total. The monoisotopic (exact) mass is 247 g/mol. The van der Waals surface area contributed by atoms with E-state index in [4.69, 9.17) is 28.3 Å². The highest BCUT2D eigenvalue weighted by Gasteiger charge is 2.16. The molecule has 0 aromatic heterocycles. The highest BCUT2D eigenvalue weighted by atomic mass is 35.5. The molecule has 0 saturated carbocycles. The number of anilines is 1. The molecular formula is C9H7Cl2NO3. The van der Waals surface area contributed by atoms with Gasteiger partial charge in [-0.15, -0.1) is 0 Å². The molecule has 0 aliphatic heterocycles. The molecule has 0 unspecified atom stereocenters. The van der Waals surface area contributed by atoms with E-state index >= 15 is 0 Å². The molecule has 15 heavy (non-hydrogen) atoms. The number of halogens is 2. The van der Waals surface area contributed by atoms with Crippen molar-refractivity contribution in [3.8, 4) is 0 Å². The van der Waals surface area contributed by atoms with Gasteiger partial charge in [-0.3, -0.25) is 4.79 Å². The molecule has 0 heterocycles. The number of aryl methyl sites for hydroxylation is 1. The normalized spacial score (nSPS) is 9.80. The molecule has 1 amide bonds. The fourth-order valence-corrected chi connectivity index (χ4v) is 1.40. The first-order chi connectivity index (χ1) is 6.93. The van der Waals surface area contributed by atoms with Gasteiger partial charge in [0.2, 0.25) is 0 Å². The third-order valence-corrected chi connectivity index (χ3v) is 2.52. The van der Waals surface area contributed by atoms with Crippen LogP contribution in [0.1, 0.15) is 5.56 Å². The van der Waals surface area contributed by atoms with Crippen molar-refractivity contribution in [1.29, 1.82) is 0 Å². The van der Waals surface area contributed by atoms with Crippen LogP contribution in [0.15, 0.2) is 12.1 Å². The van der Waals surface area contributed by atoms with E-state index in [0.29, 0.717) is 5.56 Å². The van der Waals surface area contributed by atoms with Crippen LogP contribution in [0, 0.1) is 6.92 Å². The number of rotatable bonds is 1. The highest BCUT2D eigenvalue weighted by Crippen LogP contribution is 2.32. The fraction of sp³-hybridized carbons (Fsp3) is 0.111. The Morgan fingerprint density at radius 2 is 1.93 bits per heavy atom. The van der Waals surface area contributed by atoms with E-state index in [1.54, 1.807) is 13.0 Å². The van der Waals surface area contributed by atoms with Gasteiger partial charge in [0.05, 0.1) is 15.7 Å². The zero-order valence-corrected chi connectivity index (χ0v) is 9.19. The van der Waals surface area contributed by atoms with E-state index < -0.39 is 11.9 Å². The average Bonchev–Trinajstić information content (AvgIpc) is 2.18. The van der Waals surface area contributed by atoms with Crippen LogP contribution in [0.3, 0.4) is 0 Å². The first-order valence-corrected chi connectivity index (χ1v) is 4.68. The maximum atomic E-state index is 10.9. The average molecular weight is 248 g/mol. The summed E-state index contributed by atoms with van der Waals surface area (Å²) >= 11 is 11.6. The summed E-state index contributed by atoms with van der Waals surface area (Å²) in [5.74, 6) is -2.77. The number of carboxylic acids is 1. The topological polar surface area (TPSA) is 66.4 Å². The molecule has 1 rings (SSSR count). The van der Waals surface area contributed by atoms with E-state index in [1.165, 1.54) is 6.07 Å². The summed E-state index contributed by atoms with van der Waals surface area (Å²) in [6, 6.07) is 3.20. The minimum atomic E-state index is -1.59. The molecule has 0 atom stereocenters. The van der Waals surface area contributed by atoms with Crippen molar-refractivity contribution in [3.05, 3.63) is 27.7 Å². The van der Waals surface area contributed by atoms with Gasteiger partial charge in [-0.25, -0.2) is 4.79 Å². The first kappa shape index (κ1) is 11.8. The Labute approximate surface area is 95.8 Å². The van der Waals surface area contributed by atoms with Crippen molar-refractivity contribution in [2.24, 2.45) is 0 Å². The number of amides is 1. The molecule has 4 nitrogen and oxygen atoms in total. The van der Waals surface area contributed by atoms with Gasteiger partial charge in [-0.1, -0.05) is 29.3 Å². The van der Waals surface area contributed by atoms with Gasteiger partial charge < -0.3 is 10.4 Å². The summed E-state index contributed by atoms with van der Waals surface area (Å²) < 4.78 is 0. The highest BCUT2D eigenvalue weighted by molar-refractivity contribution is 6.43. The molecule has 1 aromatic carbocycles. The zero-order valence-electron chi connectivity index (χ0n) is 7.67. The van der Waals surface area contributed by atoms with E-state index in [9.17, 15) is 9.59 Å². The van der Waals surface area contributed by atoms with Crippen LogP contribution in [-0.4, -0.2) is 17.0 Å². The minimum Gasteiger partial charge on any atom is -0.474 e. The lowest BCUT2D eigenvalue weighted by Crippen LogP contribution is -2.22. The molecule has 0 spiro atoms. The van der Waals surface area contributed by atoms with Crippen molar-refractivity contribution in [2.45, 2.75) is 6.92 Å². The molecule has 0 bridgehead atoms. The Morgan fingerprint density at radius 3 is 2.47 bits per heavy atom. The molecule has 6 heteroatoms. The van der Waals surface area contributed by atoms with Gasteiger partial charge >= 0.3 is 11.9 Å². The van der Waals surface area contributed by atoms with Crippen molar-refractivity contribution in [2.75, 3.05) is 5.32 Å². The Balaban J connectivity index is 3.09. The van der Waals surface area contributed by atoms with Crippen LogP contribution in [0.2, 0.25) is 10.0 Å². The lowest BCUT2D eigenvalue weighted by Gasteiger charge is -2.08. The predicted octanol–water partition coefficient (Wildman–Crippen LogP) is 2.32. The van der Waals surface area contributed by atoms with Gasteiger partial charge in [-0.2, -0.15) is 0 Å². The van der Waals surface area contributed by atoms with Crippen LogP contribution in [0.25, 0.3) is 0 Å². The second kappa shape index (κ2) is 4.51. The lowest BCUT2D eigenvalue weighted by molar-refractivity contribution is -0.147. The van der Waals surface area contributed by atoms with Crippen LogP contribution in [0.4, 0.5) is 5.69 Å². The van der Waals surface area contributed by atoms with Gasteiger partial charge in [-0.05, 0) is 18.6 Å². The largest absolute Gasteiger partial charge is 0.474 e. The van der Waals surface area contributed by atoms with Gasteiger partial charge in [0.1, 0.15) is 0 Å². The Bertz CT molecular complexity index is 432. The first-order valence-electron chi connectivity index (χ1n) is 3.92. The fourth-order valence-electron chi connectivity index (χ4n) is 0.938. The van der Waals surface area contributed by atoms with Gasteiger partial charge in [0.15, 0.2) is 0 Å². The Kier molecular flexibility index (Phi) is 3.55. The maximum Gasteiger partial charge on any atom is 0.394 e. The van der Waals surface area contributed by atoms with E-state index in [2.05, 4.69) is 5.32 Å². The minimum absolute atomic E-state index is 0.116. The van der Waals surface area contributed by atoms with E-state index in [1.807, 2.05) is 0 Å². The molecule has 0 radical (unpaired) electrons. The zero-order chi connectivity index (χ0) is 11.6. The number of hydrogen-bond acceptors (Lipinski definition) is 2. The smallest absolute Gasteiger partial charge is 0.394 e. The molecule has 0 aliphatic carbocycles. The number of carbonyl (C=O) groups excluding carboxylic acids is 1. The van der Waals surface area contributed by atoms with Crippen molar-refractivity contribution < 1.29 is 14.7 Å². The standard InChI is InChI=1S/C9H7Cl2NO3/c1-4-2-3-5(10)7(6(4)11)12-8(13)9(14)15/h2-3H,1H3,(H,12,13)(H,14,15). The second-order valence-corrected chi connectivity index (χ2v) is 3.60. The van der Waals surface area contributed by atoms with Crippen molar-refractivity contribution >= 4 is 40.8 Å². The summed E-state index contributed by atoms with van der Waals surface area (Å²) in [5, 5.41) is 10.9. The van der Waals surface area contributed by atoms with E-state index in [0.717, 1.165) is 0 Å². The lowest BCUT2D eigenvalue weighted by atomic mass is 10.2. The molecule has 0 fully saturated rings. The number of nitrogens with one attached hydrogen (secondary N) is 1. The third-order valence-electron chi connectivity index (χ3n) is 1.72. The van der Waals surface area contributed by atoms with Crippen LogP contribution >= 0.6 is 23.2 Å². The number of hydrogen-bond donors (Lipinski definition) is 2. The van der Waals surface area contributed by atoms with Crippen LogP contribution in [-0.2, 0) is 9.59 Å². The summed E-state index contributed by atoms with van der Waals surface area (Å²) in [6.45, 7) is 1.72. The number of carboxylic acid groups (broad SMARTS) is 1. The maximum absolute atomic E-state index is 10.9. The summed E-state index contributed by atoms with van der Waals surface area (Å²) in [5.41, 5.74) is 0.812. The third kappa shape index (κ3) is 2.61. The van der Waals surface area contributed by atoms with Crippen molar-refractivity contribution in [3.63, 3.8) is 0 Å². The predicted molar refractivity (Wildman–Crippen MR) is 57.5 cm³/mol. The summed E-state index contributed by atoms with van der Waals surface area (Å²) in [4.78, 5) is 21.2. The number of benzene rings is 1. The Hall–Kier alpha value is -1.26. The quantitative estimate of drug-likeness (QED) is 0.749. The molecular weight excluding hydrogens is 241 g/mol. The van der Waals surface area contributed by atoms with Crippen molar-refractivity contribution in [1.82, 2.24) is 0 Å². The van der Waals surface area contributed by atoms with E-state index in [-0.39, 0.29) is 15.7 Å². The second-order valence-electron chi connectivity index (χ2n) is 2.81. The van der Waals surface area contributed by atoms with Crippen LogP contribution in [0.5, 0.6) is 0 Å². The number of carbonyl (C=O) groups is 2. The molecule has 80 valence electrons. The Morgan fingerprint density at radius 1 is 1.33 bits per heavy atom. The van der Waals surface area contributed by atoms with Gasteiger partial charge in [0.25, 0.3) is 0 Å². The molecule has 0 saturated heterocycles. The van der Waals surface area contributed by atoms with Gasteiger partial charge in [0, 0.05) is 0 Å². The molecule has 1 aromatic rings.